The van der Waals surface area contributed by atoms with Crippen LogP contribution in [0.15, 0.2) is 28.4 Å². The Kier molecular flexibility index (Phi) is 7.42. The van der Waals surface area contributed by atoms with Gasteiger partial charge in [-0.05, 0) is 0 Å². The Morgan fingerprint density at radius 1 is 1.21 bits per heavy atom. The number of aromatic nitrogens is 7. The first-order valence-corrected chi connectivity index (χ1v) is 15.0. The first-order chi connectivity index (χ1) is 20.0. The molecule has 0 amide bonds. The minimum absolute atomic E-state index is 0.0109. The molecule has 2 fully saturated rings. The molecule has 0 aromatic carbocycles. The van der Waals surface area contributed by atoms with Crippen molar-refractivity contribution in [2.24, 2.45) is 0 Å². The molecule has 6 heterocycles. The zero-order valence-corrected chi connectivity index (χ0v) is 22.9. The van der Waals surface area contributed by atoms with Gasteiger partial charge in [-0.1, -0.05) is 12.2 Å². The van der Waals surface area contributed by atoms with E-state index in [1.54, 1.807) is 0 Å². The molecule has 0 aliphatic carbocycles. The van der Waals surface area contributed by atoms with E-state index < -0.39 is 80.0 Å². The van der Waals surface area contributed by atoms with E-state index in [1.807, 2.05) is 0 Å². The Morgan fingerprint density at radius 3 is 2.76 bits per heavy atom. The second kappa shape index (κ2) is 10.8. The van der Waals surface area contributed by atoms with Crippen molar-refractivity contribution in [3.63, 3.8) is 0 Å². The Balaban J connectivity index is 1.18. The molecule has 226 valence electrons. The maximum absolute atomic E-state index is 15.3. The Labute approximate surface area is 237 Å². The third-order valence-electron chi connectivity index (χ3n) is 6.91. The number of nitrogens with one attached hydrogen (secondary N) is 2. The number of nitrogens with two attached hydrogens (primary N) is 1. The zero-order chi connectivity index (χ0) is 29.9. The molecular formula is C21H23F2N8O9PS. The van der Waals surface area contributed by atoms with Crippen molar-refractivity contribution in [3.8, 4) is 0 Å². The van der Waals surface area contributed by atoms with Crippen molar-refractivity contribution in [1.29, 1.82) is 0 Å². The number of fused-ring (bicyclic) bond motifs is 2. The number of thiol groups is 1. The summed E-state index contributed by atoms with van der Waals surface area (Å²) in [5, 5.41) is 19.9. The lowest BCUT2D eigenvalue weighted by Gasteiger charge is -2.25. The van der Waals surface area contributed by atoms with E-state index in [-0.39, 0.29) is 34.6 Å². The number of rotatable bonds is 8. The molecule has 0 saturated carbocycles. The van der Waals surface area contributed by atoms with Gasteiger partial charge in [-0.25, -0.2) is 23.3 Å². The Bertz CT molecular complexity index is 1820. The first-order valence-electron chi connectivity index (χ1n) is 12.3. The number of anilines is 1. The normalized spacial score (nSPS) is 29.5. The summed E-state index contributed by atoms with van der Waals surface area (Å²) >= 11 is 3.93. The fourth-order valence-corrected chi connectivity index (χ4v) is 6.41. The van der Waals surface area contributed by atoms with Crippen LogP contribution in [0, 0.1) is 5.82 Å². The van der Waals surface area contributed by atoms with Crippen LogP contribution in [-0.4, -0.2) is 88.1 Å². The standard InChI is InChI=1S/C21H23F2N8O9PS/c22-7-2-30(16-12(7)18(34)26-5-25-16)11-1-8(33)10(38-11)4-37-41(36,42)40-15-13(23)9(3-32)39-20(15)31-6-27-14-17(31)28-21(24)29-19(14)35/h2,5-6,8-11,13,15,20,32-33H,1,3-4H2,(H,36,42)(H,25,26,34)(H3,24,28,29,35)/t8-,9+,10+,11+,13+,15+,20+,41?/m0/s1. The number of alkyl halides is 1. The third kappa shape index (κ3) is 5.02. The van der Waals surface area contributed by atoms with Crippen LogP contribution in [0.3, 0.4) is 0 Å². The number of H-pyrrole nitrogens is 2. The Morgan fingerprint density at radius 2 is 2.00 bits per heavy atom. The van der Waals surface area contributed by atoms with Gasteiger partial charge in [-0.3, -0.25) is 28.2 Å². The highest BCUT2D eigenvalue weighted by Gasteiger charge is 2.50. The van der Waals surface area contributed by atoms with Gasteiger partial charge < -0.3 is 35.0 Å². The molecule has 0 radical (unpaired) electrons. The lowest BCUT2D eigenvalue weighted by atomic mass is 10.1. The molecule has 6 N–H and O–H groups in total. The van der Waals surface area contributed by atoms with E-state index in [9.17, 15) is 28.8 Å². The number of hydrogen-bond donors (Lipinski definition) is 6. The van der Waals surface area contributed by atoms with Gasteiger partial charge in [0.1, 0.15) is 29.9 Å². The van der Waals surface area contributed by atoms with E-state index in [4.69, 9.17) is 24.3 Å². The number of hydrogen-bond acceptors (Lipinski definition) is 13. The number of imidazole rings is 1. The quantitative estimate of drug-likeness (QED) is 0.110. The lowest BCUT2D eigenvalue weighted by molar-refractivity contribution is -0.0522. The van der Waals surface area contributed by atoms with Crippen LogP contribution >= 0.6 is 19.0 Å². The summed E-state index contributed by atoms with van der Waals surface area (Å²) in [4.78, 5) is 40.6. The molecule has 1 unspecified atom stereocenters. The van der Waals surface area contributed by atoms with Crippen molar-refractivity contribution in [3.05, 3.63) is 45.4 Å². The maximum Gasteiger partial charge on any atom is 0.386 e. The van der Waals surface area contributed by atoms with Crippen molar-refractivity contribution < 1.29 is 42.1 Å². The topological polar surface area (TPSA) is 235 Å². The second-order valence-electron chi connectivity index (χ2n) is 9.55. The third-order valence-corrected chi connectivity index (χ3v) is 8.52. The highest BCUT2D eigenvalue weighted by molar-refractivity contribution is 8.44. The highest BCUT2D eigenvalue weighted by atomic mass is 32.7. The number of aliphatic hydroxyl groups excluding tert-OH is 2. The van der Waals surface area contributed by atoms with E-state index in [0.29, 0.717) is 0 Å². The largest absolute Gasteiger partial charge is 0.394 e. The summed E-state index contributed by atoms with van der Waals surface area (Å²) in [6, 6.07) is 0. The molecule has 17 nitrogen and oxygen atoms in total. The van der Waals surface area contributed by atoms with Crippen molar-refractivity contribution in [2.45, 2.75) is 49.5 Å². The number of nitrogen functional groups attached to an aromatic ring is 1. The first kappa shape index (κ1) is 28.9. The molecule has 8 atom stereocenters. The van der Waals surface area contributed by atoms with Gasteiger partial charge in [0.2, 0.25) is 5.95 Å². The molecular weight excluding hydrogens is 609 g/mol. The summed E-state index contributed by atoms with van der Waals surface area (Å²) in [5.74, 6) is -1.09. The summed E-state index contributed by atoms with van der Waals surface area (Å²) in [7, 11) is 0. The average Bonchev–Trinajstić information content (AvgIpc) is 3.68. The van der Waals surface area contributed by atoms with Crippen LogP contribution in [0.5, 0.6) is 0 Å². The van der Waals surface area contributed by atoms with Crippen molar-refractivity contribution >= 4 is 47.2 Å². The van der Waals surface area contributed by atoms with Crippen LogP contribution in [0.25, 0.3) is 22.2 Å². The number of aromatic amines is 2. The zero-order valence-electron chi connectivity index (χ0n) is 21.1. The monoisotopic (exact) mass is 632 g/mol. The van der Waals surface area contributed by atoms with E-state index in [1.165, 1.54) is 4.57 Å². The smallest absolute Gasteiger partial charge is 0.386 e. The molecule has 42 heavy (non-hydrogen) atoms. The summed E-state index contributed by atoms with van der Waals surface area (Å²) < 4.78 is 67.3. The summed E-state index contributed by atoms with van der Waals surface area (Å²) in [6.45, 7) is -5.73. The van der Waals surface area contributed by atoms with E-state index >= 15 is 4.39 Å². The van der Waals surface area contributed by atoms with E-state index in [2.05, 4.69) is 37.2 Å². The minimum Gasteiger partial charge on any atom is -0.394 e. The molecule has 4 aromatic rings. The molecule has 21 heteroatoms. The molecule has 6 rings (SSSR count). The van der Waals surface area contributed by atoms with Crippen LogP contribution in [0.1, 0.15) is 18.9 Å². The minimum atomic E-state index is -4.42. The molecule has 2 aliphatic rings. The summed E-state index contributed by atoms with van der Waals surface area (Å²) in [5.41, 5.74) is 4.02. The molecule has 0 bridgehead atoms. The van der Waals surface area contributed by atoms with Crippen molar-refractivity contribution in [2.75, 3.05) is 18.9 Å². The number of halogens is 2. The van der Waals surface area contributed by atoms with Gasteiger partial charge in [0, 0.05) is 12.6 Å². The highest BCUT2D eigenvalue weighted by Crippen LogP contribution is 2.57. The van der Waals surface area contributed by atoms with E-state index in [0.717, 1.165) is 23.4 Å². The van der Waals surface area contributed by atoms with Crippen LogP contribution in [0.2, 0.25) is 0 Å². The van der Waals surface area contributed by atoms with Crippen LogP contribution in [0.4, 0.5) is 14.7 Å². The lowest BCUT2D eigenvalue weighted by Crippen LogP contribution is -2.32. The Hall–Kier alpha value is -3.23. The molecule has 4 aromatic heterocycles. The van der Waals surface area contributed by atoms with Crippen LogP contribution < -0.4 is 16.9 Å². The number of aliphatic hydroxyl groups is 2. The second-order valence-corrected chi connectivity index (χ2v) is 12.4. The van der Waals surface area contributed by atoms with Gasteiger partial charge in [-0.15, -0.1) is 0 Å². The molecule has 2 saturated heterocycles. The fraction of sp³-hybridized carbons (Fsp3) is 0.476. The fourth-order valence-electron chi connectivity index (χ4n) is 4.96. The maximum atomic E-state index is 15.3. The van der Waals surface area contributed by atoms with Gasteiger partial charge >= 0.3 is 6.80 Å². The SMILES string of the molecule is Nc1nc2c(ncn2[C@@H]2O[C@H](CO)[C@@H](F)[C@H]2OP(=O)(S)OC[C@H]2O[C@@H](n3cc(F)c4c(=O)[nH]cnc43)C[C@@H]2O)c(=O)[nH]1. The van der Waals surface area contributed by atoms with Crippen LogP contribution in [-0.2, 0) is 23.1 Å². The van der Waals surface area contributed by atoms with Gasteiger partial charge in [0.25, 0.3) is 11.1 Å². The van der Waals surface area contributed by atoms with Gasteiger partial charge in [0.05, 0.1) is 32.0 Å². The summed E-state index contributed by atoms with van der Waals surface area (Å²) in [6.07, 6.45) is -6.66. The van der Waals surface area contributed by atoms with Gasteiger partial charge in [-0.2, -0.15) is 4.98 Å². The predicted octanol–water partition coefficient (Wildman–Crippen LogP) is -0.105. The predicted molar refractivity (Wildman–Crippen MR) is 141 cm³/mol. The van der Waals surface area contributed by atoms with Crippen molar-refractivity contribution in [1.82, 2.24) is 34.1 Å². The van der Waals surface area contributed by atoms with Gasteiger partial charge in [0.15, 0.2) is 35.0 Å². The number of nitrogens with zero attached hydrogens (tertiary/aromatic N) is 5. The average molecular weight is 632 g/mol. The molecule has 0 spiro atoms. The molecule has 2 aliphatic heterocycles. The number of ether oxygens (including phenoxy) is 2.